The lowest BCUT2D eigenvalue weighted by Crippen LogP contribution is -2.46. The van der Waals surface area contributed by atoms with Crippen molar-refractivity contribution in [2.24, 2.45) is 0 Å². The number of carbonyl (C=O) groups is 1. The molecule has 54 heavy (non-hydrogen) atoms. The lowest BCUT2D eigenvalue weighted by atomic mass is 9.70. The molecule has 0 saturated carbocycles. The van der Waals surface area contributed by atoms with Crippen LogP contribution in [0.2, 0.25) is 6.32 Å². The van der Waals surface area contributed by atoms with Crippen molar-refractivity contribution in [3.05, 3.63) is 166 Å². The fourth-order valence-corrected chi connectivity index (χ4v) is 8.78. The third-order valence-electron chi connectivity index (χ3n) is 10.9. The number of benzene rings is 6. The highest BCUT2D eigenvalue weighted by Gasteiger charge is 2.51. The predicted molar refractivity (Wildman–Crippen MR) is 225 cm³/mol. The Morgan fingerprint density at radius 1 is 0.704 bits per heavy atom. The van der Waals surface area contributed by atoms with E-state index >= 15 is 0 Å². The normalized spacial score (nSPS) is 13.9. The van der Waals surface area contributed by atoms with Gasteiger partial charge in [-0.05, 0) is 125 Å². The summed E-state index contributed by atoms with van der Waals surface area (Å²) in [6.07, 6.45) is 0.750. The minimum atomic E-state index is -0.479. The molecule has 6 aromatic rings. The number of nitrogens with one attached hydrogen (secondary N) is 1. The van der Waals surface area contributed by atoms with E-state index in [1.54, 1.807) is 0 Å². The Bertz CT molecular complexity index is 2460. The molecule has 1 amide bonds. The van der Waals surface area contributed by atoms with E-state index in [0.29, 0.717) is 5.56 Å². The molecule has 0 aromatic heterocycles. The average Bonchev–Trinajstić information content (AvgIpc) is 3.64. The largest absolute Gasteiger partial charge is 0.399 e. The Hall–Kier alpha value is -6.19. The Morgan fingerprint density at radius 3 is 1.87 bits per heavy atom. The molecule has 0 fully saturated rings. The van der Waals surface area contributed by atoms with Gasteiger partial charge in [-0.3, -0.25) is 4.79 Å². The number of fused-ring (bicyclic) bond motifs is 16. The number of hydrogen-bond acceptors (Lipinski definition) is 4. The topological polar surface area (TPSA) is 61.6 Å². The van der Waals surface area contributed by atoms with Crippen LogP contribution in [0.4, 0.5) is 22.7 Å². The highest BCUT2D eigenvalue weighted by atomic mass is 16.1. The molecule has 1 spiro atoms. The fraction of sp³-hybridized carbons (Fsp3) is 0.188. The van der Waals surface area contributed by atoms with Crippen LogP contribution in [0.15, 0.2) is 121 Å². The van der Waals surface area contributed by atoms with Gasteiger partial charge in [-0.1, -0.05) is 91.6 Å². The summed E-state index contributed by atoms with van der Waals surface area (Å²) >= 11 is 0. The molecule has 2 bridgehead atoms. The van der Waals surface area contributed by atoms with Crippen molar-refractivity contribution in [2.45, 2.75) is 52.5 Å². The highest BCUT2D eigenvalue weighted by molar-refractivity contribution is 6.08. The fourth-order valence-electron chi connectivity index (χ4n) is 8.78. The van der Waals surface area contributed by atoms with Gasteiger partial charge in [-0.15, -0.1) is 11.8 Å². The number of hydrogen-bond donors (Lipinski definition) is 2. The first-order valence-corrected chi connectivity index (χ1v) is 18.6. The van der Waals surface area contributed by atoms with Crippen LogP contribution in [0.3, 0.4) is 0 Å². The standard InChI is InChI=1S/C42H32N4O.C4H6.C2H5B/c1-25-10-14-33-34-15-11-26(21-38(34)42(37(33)18-25)35-8-4-2-6-31(35)32-7-3-5-9-36(32)42)41(47)44-30-13-17-40-28(20-30)23-46-24-45(40)22-27-19-29(43)12-16-39(27)46;1-3-4-2;1-2-3/h2-21H,22-24,43H2,1H3,(H,44,47);1-2H3;2H2,1H3. The van der Waals surface area contributed by atoms with E-state index in [1.165, 1.54) is 72.6 Å². The average molecular weight is 703 g/mol. The van der Waals surface area contributed by atoms with Gasteiger partial charge in [0, 0.05) is 41.4 Å². The summed E-state index contributed by atoms with van der Waals surface area (Å²) in [4.78, 5) is 18.8. The molecular formula is C48H43BN4O. The summed E-state index contributed by atoms with van der Waals surface area (Å²) < 4.78 is 0. The molecule has 6 aromatic carbocycles. The van der Waals surface area contributed by atoms with Crippen molar-refractivity contribution in [3.63, 3.8) is 0 Å². The molecule has 3 N–H and O–H groups in total. The summed E-state index contributed by atoms with van der Waals surface area (Å²) in [5.41, 5.74) is 23.9. The molecule has 264 valence electrons. The first-order valence-electron chi connectivity index (χ1n) is 18.6. The van der Waals surface area contributed by atoms with Crippen molar-refractivity contribution < 1.29 is 4.79 Å². The number of nitrogen functional groups attached to an aromatic ring is 1. The highest BCUT2D eigenvalue weighted by Crippen LogP contribution is 2.62. The van der Waals surface area contributed by atoms with Gasteiger partial charge in [-0.25, -0.2) is 0 Å². The zero-order valence-electron chi connectivity index (χ0n) is 31.3. The lowest BCUT2D eigenvalue weighted by Gasteiger charge is -2.45. The number of nitrogens with zero attached hydrogens (tertiary/aromatic N) is 2. The van der Waals surface area contributed by atoms with E-state index in [1.807, 2.05) is 39.0 Å². The van der Waals surface area contributed by atoms with Crippen molar-refractivity contribution in [2.75, 3.05) is 27.5 Å². The van der Waals surface area contributed by atoms with E-state index in [2.05, 4.69) is 137 Å². The Kier molecular flexibility index (Phi) is 9.03. The number of carbonyl (C=O) groups excluding carboxylic acids is 1. The first-order chi connectivity index (χ1) is 26.3. The van der Waals surface area contributed by atoms with Crippen LogP contribution in [-0.2, 0) is 18.5 Å². The smallest absolute Gasteiger partial charge is 0.255 e. The van der Waals surface area contributed by atoms with Crippen LogP contribution < -0.4 is 20.9 Å². The molecule has 6 heteroatoms. The summed E-state index contributed by atoms with van der Waals surface area (Å²) in [7, 11) is 4.85. The second-order valence-corrected chi connectivity index (χ2v) is 14.3. The summed E-state index contributed by atoms with van der Waals surface area (Å²) in [5, 5.41) is 3.25. The van der Waals surface area contributed by atoms with Crippen LogP contribution in [0.5, 0.6) is 0 Å². The van der Waals surface area contributed by atoms with Crippen molar-refractivity contribution in [1.29, 1.82) is 0 Å². The molecule has 2 aliphatic carbocycles. The number of nitrogens with two attached hydrogens (primary N) is 1. The van der Waals surface area contributed by atoms with E-state index in [-0.39, 0.29) is 5.91 Å². The third kappa shape index (κ3) is 5.55. The Balaban J connectivity index is 0.000000549. The van der Waals surface area contributed by atoms with E-state index in [0.717, 1.165) is 37.5 Å². The SMILES string of the molecule is CC#CC.Cc1ccc2c(c1)C1(c3ccccc3-c3ccccc31)c1cc(C(=O)Nc3ccc4c(c3)CN3CN4Cc4cc(N)ccc43)ccc1-2.[B]CC. The molecular weight excluding hydrogens is 659 g/mol. The maximum atomic E-state index is 14.1. The predicted octanol–water partition coefficient (Wildman–Crippen LogP) is 10.1. The zero-order valence-corrected chi connectivity index (χ0v) is 31.3. The maximum absolute atomic E-state index is 14.1. The van der Waals surface area contributed by atoms with Gasteiger partial charge in [0.1, 0.15) is 0 Å². The Morgan fingerprint density at radius 2 is 1.24 bits per heavy atom. The number of anilines is 4. The monoisotopic (exact) mass is 702 g/mol. The maximum Gasteiger partial charge on any atom is 0.255 e. The van der Waals surface area contributed by atoms with E-state index in [4.69, 9.17) is 13.6 Å². The van der Waals surface area contributed by atoms with Crippen molar-refractivity contribution in [3.8, 4) is 34.1 Å². The number of aryl methyl sites for hydroxylation is 1. The molecule has 4 aliphatic rings. The van der Waals surface area contributed by atoms with E-state index < -0.39 is 5.41 Å². The van der Waals surface area contributed by atoms with Gasteiger partial charge in [0.2, 0.25) is 0 Å². The Labute approximate surface area is 320 Å². The van der Waals surface area contributed by atoms with Crippen molar-refractivity contribution in [1.82, 2.24) is 0 Å². The van der Waals surface area contributed by atoms with Gasteiger partial charge in [0.25, 0.3) is 5.91 Å². The molecule has 0 atom stereocenters. The molecule has 2 radical (unpaired) electrons. The van der Waals surface area contributed by atoms with Crippen LogP contribution in [0.25, 0.3) is 22.3 Å². The minimum absolute atomic E-state index is 0.105. The van der Waals surface area contributed by atoms with Gasteiger partial charge in [0.05, 0.1) is 19.9 Å². The number of amides is 1. The second-order valence-electron chi connectivity index (χ2n) is 14.3. The number of rotatable bonds is 2. The van der Waals surface area contributed by atoms with Gasteiger partial charge < -0.3 is 20.9 Å². The third-order valence-corrected chi connectivity index (χ3v) is 10.9. The molecule has 2 heterocycles. The zero-order chi connectivity index (χ0) is 37.6. The first kappa shape index (κ1) is 34.9. The molecule has 2 aliphatic heterocycles. The second kappa shape index (κ2) is 14.0. The summed E-state index contributed by atoms with van der Waals surface area (Å²) in [6.45, 7) is 10.2. The van der Waals surface area contributed by atoms with Gasteiger partial charge >= 0.3 is 0 Å². The van der Waals surface area contributed by atoms with Crippen molar-refractivity contribution >= 4 is 36.5 Å². The van der Waals surface area contributed by atoms with Crippen LogP contribution in [0, 0.1) is 18.8 Å². The molecule has 0 unspecified atom stereocenters. The minimum Gasteiger partial charge on any atom is -0.399 e. The van der Waals surface area contributed by atoms with Gasteiger partial charge in [0.15, 0.2) is 0 Å². The summed E-state index contributed by atoms with van der Waals surface area (Å²) in [6, 6.07) is 43.1. The molecule has 0 saturated heterocycles. The lowest BCUT2D eigenvalue weighted by molar-refractivity contribution is 0.102. The summed E-state index contributed by atoms with van der Waals surface area (Å²) in [5.74, 6) is 5.26. The van der Waals surface area contributed by atoms with E-state index in [9.17, 15) is 4.79 Å². The van der Waals surface area contributed by atoms with Crippen LogP contribution in [-0.4, -0.2) is 20.4 Å². The van der Waals surface area contributed by atoms with Crippen LogP contribution >= 0.6 is 0 Å². The van der Waals surface area contributed by atoms with Gasteiger partial charge in [-0.2, -0.15) is 0 Å². The molecule has 5 nitrogen and oxygen atoms in total. The quantitative estimate of drug-likeness (QED) is 0.107. The molecule has 10 rings (SSSR count). The van der Waals surface area contributed by atoms with Crippen LogP contribution in [0.1, 0.15) is 70.1 Å².